The van der Waals surface area contributed by atoms with E-state index < -0.39 is 0 Å². The number of nitrogens with one attached hydrogen (secondary N) is 1. The van der Waals surface area contributed by atoms with Crippen LogP contribution in [0.5, 0.6) is 0 Å². The summed E-state index contributed by atoms with van der Waals surface area (Å²) < 4.78 is 0. The number of rotatable bonds is 2. The highest BCUT2D eigenvalue weighted by atomic mass is 35.7. The van der Waals surface area contributed by atoms with E-state index in [-0.39, 0.29) is 16.2 Å². The fraction of sp³-hybridized carbons (Fsp3) is 0. The molecule has 1 N–H and O–H groups in total. The van der Waals surface area contributed by atoms with Gasteiger partial charge in [-0.25, -0.2) is 0 Å². The highest BCUT2D eigenvalue weighted by molar-refractivity contribution is 7.79. The van der Waals surface area contributed by atoms with Gasteiger partial charge in [-0.2, -0.15) is 0 Å². The molecule has 0 spiro atoms. The lowest BCUT2D eigenvalue weighted by molar-refractivity contribution is 1.77. The molecule has 5 heavy (non-hydrogen) atoms. The molecule has 0 radical (unpaired) electrons. The van der Waals surface area contributed by atoms with Crippen molar-refractivity contribution in [3.05, 3.63) is 0 Å². The van der Waals surface area contributed by atoms with Gasteiger partial charge in [0.15, 0.2) is 0 Å². The molecule has 0 fully saturated rings. The summed E-state index contributed by atoms with van der Waals surface area (Å²) in [6.07, 6.45) is 0. The number of halogens is 2. The van der Waals surface area contributed by atoms with Crippen LogP contribution < -0.4 is 4.86 Å². The van der Waals surface area contributed by atoms with Crippen LogP contribution in [0.4, 0.5) is 0 Å². The second kappa shape index (κ2) is 5.40. The molecule has 2 unspecified atom stereocenters. The fourth-order valence-corrected chi connectivity index (χ4v) is 1.45. The molecule has 0 heterocycles. The molecule has 0 aromatic rings. The predicted molar refractivity (Wildman–Crippen MR) is 31.5 cm³/mol. The Morgan fingerprint density at radius 1 is 1.20 bits per heavy atom. The molecule has 0 saturated carbocycles. The molecule has 0 aliphatic carbocycles. The minimum Gasteiger partial charge on any atom is -0.253 e. The topological polar surface area (TPSA) is 12.0 Å². The molecule has 32 valence electrons. The maximum Gasteiger partial charge on any atom is 0.0494 e. The van der Waals surface area contributed by atoms with Crippen molar-refractivity contribution >= 4 is 38.6 Å². The van der Waals surface area contributed by atoms with Crippen LogP contribution in [0.1, 0.15) is 0 Å². The first-order valence-electron chi connectivity index (χ1n) is 0.878. The molecule has 0 aromatic heterocycles. The lowest BCUT2D eigenvalue weighted by atomic mass is 13.9. The van der Waals surface area contributed by atoms with Gasteiger partial charge in [0.05, 0.1) is 0 Å². The zero-order chi connectivity index (χ0) is 4.12. The Hall–Kier alpha value is 1.40. The Morgan fingerprint density at radius 3 is 1.60 bits per heavy atom. The molecule has 0 amide bonds. The first-order valence-corrected chi connectivity index (χ1v) is 4.90. The van der Waals surface area contributed by atoms with E-state index >= 15 is 0 Å². The minimum atomic E-state index is 0.260. The summed E-state index contributed by atoms with van der Waals surface area (Å²) in [5, 5.41) is 0. The van der Waals surface area contributed by atoms with Crippen molar-refractivity contribution in [1.29, 1.82) is 0 Å². The van der Waals surface area contributed by atoms with Gasteiger partial charge in [-0.3, -0.25) is 4.86 Å². The van der Waals surface area contributed by atoms with Crippen LogP contribution in [0.2, 0.25) is 0 Å². The number of hydrogen-bond donors (Lipinski definition) is 1. The molecule has 0 saturated heterocycles. The van der Waals surface area contributed by atoms with Gasteiger partial charge >= 0.3 is 0 Å². The Balaban J connectivity index is 2.19. The molecule has 2 atom stereocenters. The standard InChI is InChI=1S/Cl2H3NP2/c1-4-3-5-2/h3-5H. The van der Waals surface area contributed by atoms with Crippen LogP contribution in [0.15, 0.2) is 0 Å². The summed E-state index contributed by atoms with van der Waals surface area (Å²) in [7, 11) is 0.521. The van der Waals surface area contributed by atoms with Gasteiger partial charge in [0.1, 0.15) is 0 Å². The van der Waals surface area contributed by atoms with E-state index in [0.29, 0.717) is 0 Å². The van der Waals surface area contributed by atoms with E-state index in [2.05, 4.69) is 4.86 Å². The third-order valence-corrected chi connectivity index (χ3v) is 2.55. The summed E-state index contributed by atoms with van der Waals surface area (Å²) >= 11 is 10.3. The zero-order valence-electron chi connectivity index (χ0n) is 2.26. The molecular weight excluding hydrogens is 147 g/mol. The minimum absolute atomic E-state index is 0.260. The molecule has 0 aliphatic heterocycles. The highest BCUT2D eigenvalue weighted by Crippen LogP contribution is 2.21. The maximum absolute atomic E-state index is 5.14. The predicted octanol–water partition coefficient (Wildman–Crippen LogP) is 2.07. The van der Waals surface area contributed by atoms with Crippen molar-refractivity contribution in [1.82, 2.24) is 4.86 Å². The first-order chi connectivity index (χ1) is 2.41. The SMILES string of the molecule is ClPNPCl. The van der Waals surface area contributed by atoms with E-state index in [1.165, 1.54) is 0 Å². The van der Waals surface area contributed by atoms with Crippen molar-refractivity contribution in [2.45, 2.75) is 0 Å². The van der Waals surface area contributed by atoms with Crippen molar-refractivity contribution < 1.29 is 0 Å². The van der Waals surface area contributed by atoms with Crippen molar-refractivity contribution in [2.24, 2.45) is 0 Å². The second-order valence-corrected chi connectivity index (χ2v) is 2.83. The fourth-order valence-electron chi connectivity index (χ4n) is 0.0179. The molecule has 0 aliphatic rings. The summed E-state index contributed by atoms with van der Waals surface area (Å²) in [5.41, 5.74) is 0. The van der Waals surface area contributed by atoms with E-state index in [9.17, 15) is 0 Å². The molecular formula is H3Cl2NP2. The van der Waals surface area contributed by atoms with E-state index in [4.69, 9.17) is 22.5 Å². The third kappa shape index (κ3) is 5.40. The monoisotopic (exact) mass is 149 g/mol. The summed E-state index contributed by atoms with van der Waals surface area (Å²) in [5.74, 6) is 0. The Morgan fingerprint density at radius 2 is 1.60 bits per heavy atom. The van der Waals surface area contributed by atoms with Gasteiger partial charge in [0.25, 0.3) is 0 Å². The van der Waals surface area contributed by atoms with E-state index in [0.717, 1.165) is 0 Å². The van der Waals surface area contributed by atoms with Crippen LogP contribution in [0.3, 0.4) is 0 Å². The van der Waals surface area contributed by atoms with Crippen molar-refractivity contribution in [3.63, 3.8) is 0 Å². The van der Waals surface area contributed by atoms with E-state index in [1.54, 1.807) is 0 Å². The highest BCUT2D eigenvalue weighted by Gasteiger charge is 1.67. The zero-order valence-corrected chi connectivity index (χ0v) is 5.77. The molecule has 0 aromatic carbocycles. The Bertz CT molecular complexity index is 15.1. The lowest BCUT2D eigenvalue weighted by Crippen LogP contribution is -1.66. The lowest BCUT2D eigenvalue weighted by Gasteiger charge is -1.81. The molecule has 0 bridgehead atoms. The normalized spacial score (nSPS) is 13.2. The number of hydrogen-bond acceptors (Lipinski definition) is 1. The summed E-state index contributed by atoms with van der Waals surface area (Å²) in [6, 6.07) is 0. The quantitative estimate of drug-likeness (QED) is 0.594. The van der Waals surface area contributed by atoms with Gasteiger partial charge in [-0.05, 0) is 0 Å². The van der Waals surface area contributed by atoms with Crippen LogP contribution >= 0.6 is 38.6 Å². The Labute approximate surface area is 44.1 Å². The molecule has 1 nitrogen and oxygen atoms in total. The average molecular weight is 150 g/mol. The Kier molecular flexibility index (Phi) is 6.91. The van der Waals surface area contributed by atoms with Crippen LogP contribution in [-0.4, -0.2) is 0 Å². The van der Waals surface area contributed by atoms with E-state index in [1.807, 2.05) is 0 Å². The van der Waals surface area contributed by atoms with Gasteiger partial charge in [0.2, 0.25) is 0 Å². The molecule has 0 rings (SSSR count). The first kappa shape index (κ1) is 6.40. The van der Waals surface area contributed by atoms with Crippen molar-refractivity contribution in [2.75, 3.05) is 0 Å². The van der Waals surface area contributed by atoms with Gasteiger partial charge in [-0.1, -0.05) is 22.5 Å². The smallest absolute Gasteiger partial charge is 0.0494 e. The second-order valence-electron chi connectivity index (χ2n) is 0.314. The van der Waals surface area contributed by atoms with Gasteiger partial charge < -0.3 is 0 Å². The summed E-state index contributed by atoms with van der Waals surface area (Å²) in [4.78, 5) is 2.70. The van der Waals surface area contributed by atoms with Gasteiger partial charge in [-0.15, -0.1) is 0 Å². The van der Waals surface area contributed by atoms with Crippen molar-refractivity contribution in [3.8, 4) is 0 Å². The average Bonchev–Trinajstić information content (AvgIpc) is 1.41. The van der Waals surface area contributed by atoms with Crippen LogP contribution in [0, 0.1) is 0 Å². The maximum atomic E-state index is 5.14. The van der Waals surface area contributed by atoms with Crippen LogP contribution in [-0.2, 0) is 0 Å². The third-order valence-electron chi connectivity index (χ3n) is 0.0945. The molecule has 5 heteroatoms. The summed E-state index contributed by atoms with van der Waals surface area (Å²) in [6.45, 7) is 0. The van der Waals surface area contributed by atoms with Crippen LogP contribution in [0.25, 0.3) is 0 Å². The largest absolute Gasteiger partial charge is 0.253 e. The van der Waals surface area contributed by atoms with Gasteiger partial charge in [0, 0.05) is 16.2 Å².